The van der Waals surface area contributed by atoms with Gasteiger partial charge in [0.2, 0.25) is 0 Å². The van der Waals surface area contributed by atoms with Crippen molar-refractivity contribution in [2.75, 3.05) is 12.8 Å². The van der Waals surface area contributed by atoms with E-state index in [1.54, 1.807) is 12.1 Å². The summed E-state index contributed by atoms with van der Waals surface area (Å²) in [6, 6.07) is 7.19. The molecule has 0 spiro atoms. The first-order valence-corrected chi connectivity index (χ1v) is 7.65. The van der Waals surface area contributed by atoms with Crippen LogP contribution in [-0.2, 0) is 9.84 Å². The van der Waals surface area contributed by atoms with Crippen LogP contribution in [0.5, 0.6) is 0 Å². The lowest BCUT2D eigenvalue weighted by molar-refractivity contribution is 0.527. The summed E-state index contributed by atoms with van der Waals surface area (Å²) in [6.07, 6.45) is 2.30. The molecule has 1 N–H and O–H groups in total. The fourth-order valence-electron chi connectivity index (χ4n) is 2.03. The number of aryl methyl sites for hydroxylation is 1. The van der Waals surface area contributed by atoms with Gasteiger partial charge in [0.1, 0.15) is 0 Å². The first kappa shape index (κ1) is 12.6. The molecular weight excluding hydrogens is 234 g/mol. The Bertz CT molecular complexity index is 475. The van der Waals surface area contributed by atoms with Crippen molar-refractivity contribution in [1.29, 1.82) is 0 Å². The van der Waals surface area contributed by atoms with Crippen LogP contribution in [0.1, 0.15) is 18.4 Å². The van der Waals surface area contributed by atoms with Crippen LogP contribution < -0.4 is 5.32 Å². The molecular formula is C13H19NO2S. The second-order valence-corrected chi connectivity index (χ2v) is 6.86. The Labute approximate surface area is 103 Å². The van der Waals surface area contributed by atoms with E-state index in [9.17, 15) is 8.42 Å². The number of sulfone groups is 1. The molecule has 1 unspecified atom stereocenters. The SMILES string of the molecule is CNC(CS(=O)(=O)c1ccc(C)cc1)C1CC1. The van der Waals surface area contributed by atoms with E-state index < -0.39 is 9.84 Å². The maximum atomic E-state index is 12.2. The third-order valence-corrected chi connectivity index (χ3v) is 5.13. The summed E-state index contributed by atoms with van der Waals surface area (Å²) >= 11 is 0. The molecule has 1 aromatic rings. The van der Waals surface area contributed by atoms with Crippen LogP contribution in [0, 0.1) is 12.8 Å². The zero-order valence-corrected chi connectivity index (χ0v) is 11.1. The van der Waals surface area contributed by atoms with Gasteiger partial charge in [0, 0.05) is 6.04 Å². The molecule has 1 aromatic carbocycles. The van der Waals surface area contributed by atoms with Crippen LogP contribution in [0.15, 0.2) is 29.2 Å². The Morgan fingerprint density at radius 2 is 1.88 bits per heavy atom. The van der Waals surface area contributed by atoms with Crippen molar-refractivity contribution in [2.45, 2.75) is 30.7 Å². The van der Waals surface area contributed by atoms with Gasteiger partial charge >= 0.3 is 0 Å². The van der Waals surface area contributed by atoms with Crippen LogP contribution in [0.2, 0.25) is 0 Å². The van der Waals surface area contributed by atoms with Crippen LogP contribution in [0.4, 0.5) is 0 Å². The van der Waals surface area contributed by atoms with Crippen LogP contribution in [-0.4, -0.2) is 27.3 Å². The van der Waals surface area contributed by atoms with Gasteiger partial charge in [-0.15, -0.1) is 0 Å². The molecule has 17 heavy (non-hydrogen) atoms. The summed E-state index contributed by atoms with van der Waals surface area (Å²) in [5.74, 6) is 0.747. The Morgan fingerprint density at radius 1 is 1.29 bits per heavy atom. The second kappa shape index (κ2) is 4.78. The molecule has 1 atom stereocenters. The topological polar surface area (TPSA) is 46.2 Å². The van der Waals surface area contributed by atoms with Crippen LogP contribution in [0.25, 0.3) is 0 Å². The smallest absolute Gasteiger partial charge is 0.179 e. The average Bonchev–Trinajstić information content (AvgIpc) is 3.10. The standard InChI is InChI=1S/C13H19NO2S/c1-10-3-7-12(8-4-10)17(15,16)9-13(14-2)11-5-6-11/h3-4,7-8,11,13-14H,5-6,9H2,1-2H3. The molecule has 1 aliphatic carbocycles. The molecule has 0 radical (unpaired) electrons. The third kappa shape index (κ3) is 3.07. The summed E-state index contributed by atoms with van der Waals surface area (Å²) in [7, 11) is -1.31. The molecule has 1 saturated carbocycles. The van der Waals surface area contributed by atoms with Gasteiger partial charge in [0.05, 0.1) is 10.6 Å². The maximum Gasteiger partial charge on any atom is 0.179 e. The zero-order chi connectivity index (χ0) is 12.5. The summed E-state index contributed by atoms with van der Waals surface area (Å²) in [5, 5.41) is 3.12. The molecule has 0 bridgehead atoms. The Hall–Kier alpha value is -0.870. The predicted octanol–water partition coefficient (Wildman–Crippen LogP) is 1.77. The lowest BCUT2D eigenvalue weighted by atomic mass is 10.2. The number of rotatable bonds is 5. The fourth-order valence-corrected chi connectivity index (χ4v) is 3.69. The van der Waals surface area contributed by atoms with E-state index >= 15 is 0 Å². The molecule has 94 valence electrons. The van der Waals surface area contributed by atoms with Crippen molar-refractivity contribution >= 4 is 9.84 Å². The predicted molar refractivity (Wildman–Crippen MR) is 68.8 cm³/mol. The number of hydrogen-bond acceptors (Lipinski definition) is 3. The van der Waals surface area contributed by atoms with E-state index in [4.69, 9.17) is 0 Å². The van der Waals surface area contributed by atoms with E-state index in [2.05, 4.69) is 5.32 Å². The van der Waals surface area contributed by atoms with Gasteiger partial charge < -0.3 is 5.32 Å². The van der Waals surface area contributed by atoms with E-state index in [1.807, 2.05) is 26.1 Å². The quantitative estimate of drug-likeness (QED) is 0.870. The highest BCUT2D eigenvalue weighted by atomic mass is 32.2. The molecule has 1 fully saturated rings. The van der Waals surface area contributed by atoms with E-state index in [0.29, 0.717) is 10.8 Å². The minimum Gasteiger partial charge on any atom is -0.316 e. The summed E-state index contributed by atoms with van der Waals surface area (Å²) in [6.45, 7) is 1.96. The summed E-state index contributed by atoms with van der Waals surface area (Å²) < 4.78 is 24.4. The molecule has 0 aliphatic heterocycles. The van der Waals surface area contributed by atoms with Crippen LogP contribution >= 0.6 is 0 Å². The largest absolute Gasteiger partial charge is 0.316 e. The van der Waals surface area contributed by atoms with Crippen molar-refractivity contribution in [3.63, 3.8) is 0 Å². The highest BCUT2D eigenvalue weighted by Crippen LogP contribution is 2.33. The summed E-state index contributed by atoms with van der Waals surface area (Å²) in [4.78, 5) is 0.434. The van der Waals surface area contributed by atoms with Crippen LogP contribution in [0.3, 0.4) is 0 Å². The molecule has 3 nitrogen and oxygen atoms in total. The van der Waals surface area contributed by atoms with Gasteiger partial charge in [0.25, 0.3) is 0 Å². The number of benzene rings is 1. The van der Waals surface area contributed by atoms with Gasteiger partial charge in [-0.1, -0.05) is 17.7 Å². The van der Waals surface area contributed by atoms with Crippen molar-refractivity contribution in [3.8, 4) is 0 Å². The van der Waals surface area contributed by atoms with Gasteiger partial charge in [-0.3, -0.25) is 0 Å². The van der Waals surface area contributed by atoms with Crippen molar-refractivity contribution in [2.24, 2.45) is 5.92 Å². The molecule has 1 aliphatic rings. The molecule has 0 amide bonds. The first-order valence-electron chi connectivity index (χ1n) is 5.99. The highest BCUT2D eigenvalue weighted by molar-refractivity contribution is 7.91. The van der Waals surface area contributed by atoms with Crippen molar-refractivity contribution in [3.05, 3.63) is 29.8 Å². The molecule has 4 heteroatoms. The first-order chi connectivity index (χ1) is 8.03. The highest BCUT2D eigenvalue weighted by Gasteiger charge is 2.33. The van der Waals surface area contributed by atoms with E-state index in [1.165, 1.54) is 0 Å². The van der Waals surface area contributed by atoms with Gasteiger partial charge in [-0.2, -0.15) is 0 Å². The van der Waals surface area contributed by atoms with Gasteiger partial charge in [-0.05, 0) is 44.9 Å². The average molecular weight is 253 g/mol. The second-order valence-electron chi connectivity index (χ2n) is 4.83. The van der Waals surface area contributed by atoms with Gasteiger partial charge in [-0.25, -0.2) is 8.42 Å². The minimum atomic E-state index is -3.16. The maximum absolute atomic E-state index is 12.2. The van der Waals surface area contributed by atoms with Crippen molar-refractivity contribution < 1.29 is 8.42 Å². The Kier molecular flexibility index (Phi) is 3.54. The zero-order valence-electron chi connectivity index (χ0n) is 10.3. The van der Waals surface area contributed by atoms with E-state index in [-0.39, 0.29) is 11.8 Å². The monoisotopic (exact) mass is 253 g/mol. The Balaban J connectivity index is 2.15. The Morgan fingerprint density at radius 3 is 2.35 bits per heavy atom. The van der Waals surface area contributed by atoms with Gasteiger partial charge in [0.15, 0.2) is 9.84 Å². The van der Waals surface area contributed by atoms with E-state index in [0.717, 1.165) is 18.4 Å². The lowest BCUT2D eigenvalue weighted by Crippen LogP contribution is -2.34. The molecule has 0 saturated heterocycles. The normalized spacial score (nSPS) is 18.0. The molecule has 0 aromatic heterocycles. The summed E-state index contributed by atoms with van der Waals surface area (Å²) in [5.41, 5.74) is 1.08. The minimum absolute atomic E-state index is 0.0984. The fraction of sp³-hybridized carbons (Fsp3) is 0.538. The molecule has 0 heterocycles. The lowest BCUT2D eigenvalue weighted by Gasteiger charge is -2.15. The third-order valence-electron chi connectivity index (χ3n) is 3.34. The molecule has 2 rings (SSSR count). The van der Waals surface area contributed by atoms with Crippen molar-refractivity contribution in [1.82, 2.24) is 5.32 Å². The number of nitrogens with one attached hydrogen (secondary N) is 1. The number of hydrogen-bond donors (Lipinski definition) is 1.